The van der Waals surface area contributed by atoms with Crippen molar-refractivity contribution in [2.24, 2.45) is 0 Å². The number of sulfonamides is 1. The molecule has 1 atom stereocenters. The summed E-state index contributed by atoms with van der Waals surface area (Å²) in [4.78, 5) is 28.5. The topological polar surface area (TPSA) is 86.8 Å². The molecule has 10 heteroatoms. The molecule has 0 aliphatic rings. The Balaban J connectivity index is 2.08. The summed E-state index contributed by atoms with van der Waals surface area (Å²) < 4.78 is 28.8. The normalized spacial score (nSPS) is 12.1. The largest absolute Gasteiger partial charge is 0.355 e. The minimum Gasteiger partial charge on any atom is -0.355 e. The Kier molecular flexibility index (Phi) is 10.4. The van der Waals surface area contributed by atoms with Crippen molar-refractivity contribution < 1.29 is 18.0 Å². The van der Waals surface area contributed by atoms with Crippen LogP contribution in [0.4, 0.5) is 5.69 Å². The van der Waals surface area contributed by atoms with Crippen LogP contribution in [-0.4, -0.2) is 44.3 Å². The van der Waals surface area contributed by atoms with Crippen LogP contribution in [0.3, 0.4) is 0 Å². The zero-order valence-electron chi connectivity index (χ0n) is 22.4. The predicted octanol–water partition coefficient (Wildman–Crippen LogP) is 5.75. The number of carbonyl (C=O) groups excluding carboxylic acids is 2. The highest BCUT2D eigenvalue weighted by Crippen LogP contribution is 2.28. The van der Waals surface area contributed by atoms with E-state index in [4.69, 9.17) is 23.2 Å². The van der Waals surface area contributed by atoms with Crippen LogP contribution >= 0.6 is 23.2 Å². The maximum atomic E-state index is 14.0. The maximum Gasteiger partial charge on any atom is 0.264 e. The van der Waals surface area contributed by atoms with Gasteiger partial charge in [0.15, 0.2) is 0 Å². The molecule has 2 amide bonds. The average molecular weight is 591 g/mol. The number of carbonyl (C=O) groups is 2. The second kappa shape index (κ2) is 13.3. The van der Waals surface area contributed by atoms with Crippen molar-refractivity contribution in [3.05, 3.63) is 93.5 Å². The van der Waals surface area contributed by atoms with Gasteiger partial charge in [0.05, 0.1) is 20.6 Å². The summed E-state index contributed by atoms with van der Waals surface area (Å²) in [6, 6.07) is 17.4. The average Bonchev–Trinajstić information content (AvgIpc) is 2.91. The Morgan fingerprint density at radius 2 is 1.59 bits per heavy atom. The molecule has 0 aliphatic carbocycles. The lowest BCUT2D eigenvalue weighted by molar-refractivity contribution is -0.140. The first-order valence-corrected chi connectivity index (χ1v) is 14.8. The number of anilines is 1. The van der Waals surface area contributed by atoms with Crippen molar-refractivity contribution in [3.8, 4) is 0 Å². The molecule has 0 saturated carbocycles. The van der Waals surface area contributed by atoms with Crippen LogP contribution in [0.1, 0.15) is 37.0 Å². The highest BCUT2D eigenvalue weighted by molar-refractivity contribution is 7.92. The summed E-state index contributed by atoms with van der Waals surface area (Å²) >= 11 is 12.3. The summed E-state index contributed by atoms with van der Waals surface area (Å²) in [7, 11) is -4.11. The molecule has 0 fully saturated rings. The minimum atomic E-state index is -4.11. The molecule has 0 aliphatic heterocycles. The Hall–Kier alpha value is -3.07. The van der Waals surface area contributed by atoms with Crippen LogP contribution in [0.15, 0.2) is 71.6 Å². The molecule has 3 rings (SSSR count). The molecule has 0 saturated heterocycles. The maximum absolute atomic E-state index is 14.0. The number of rotatable bonds is 11. The third-order valence-electron chi connectivity index (χ3n) is 6.46. The van der Waals surface area contributed by atoms with Gasteiger partial charge in [-0.05, 0) is 80.3 Å². The Morgan fingerprint density at radius 3 is 2.18 bits per heavy atom. The van der Waals surface area contributed by atoms with Crippen molar-refractivity contribution >= 4 is 50.7 Å². The monoisotopic (exact) mass is 589 g/mol. The summed E-state index contributed by atoms with van der Waals surface area (Å²) in [6.07, 6.45) is 0.327. The van der Waals surface area contributed by atoms with E-state index in [0.29, 0.717) is 34.3 Å². The first kappa shape index (κ1) is 30.5. The molecule has 1 N–H and O–H groups in total. The van der Waals surface area contributed by atoms with Crippen LogP contribution < -0.4 is 9.62 Å². The second-order valence-electron chi connectivity index (χ2n) is 9.18. The van der Waals surface area contributed by atoms with Crippen LogP contribution in [0.5, 0.6) is 0 Å². The van der Waals surface area contributed by atoms with Crippen LogP contribution in [0.2, 0.25) is 10.0 Å². The highest BCUT2D eigenvalue weighted by Gasteiger charge is 2.33. The summed E-state index contributed by atoms with van der Waals surface area (Å²) in [5.74, 6) is -0.853. The number of hydrogen-bond acceptors (Lipinski definition) is 4. The zero-order chi connectivity index (χ0) is 28.7. The number of amides is 2. The fourth-order valence-electron chi connectivity index (χ4n) is 4.18. The number of nitrogens with zero attached hydrogens (tertiary/aromatic N) is 2. The fraction of sp³-hybridized carbons (Fsp3) is 0.310. The SMILES string of the molecule is CCNC(=O)C(CC)N(Cc1ccc(Cl)c(Cl)c1)C(=O)CN(c1ccc(C)c(C)c1)S(=O)(=O)c1ccccc1. The Bertz CT molecular complexity index is 1430. The van der Waals surface area contributed by atoms with Gasteiger partial charge >= 0.3 is 0 Å². The summed E-state index contributed by atoms with van der Waals surface area (Å²) in [5, 5.41) is 3.46. The van der Waals surface area contributed by atoms with Gasteiger partial charge in [-0.3, -0.25) is 13.9 Å². The smallest absolute Gasteiger partial charge is 0.264 e. The lowest BCUT2D eigenvalue weighted by Crippen LogP contribution is -2.52. The van der Waals surface area contributed by atoms with E-state index in [-0.39, 0.29) is 17.3 Å². The van der Waals surface area contributed by atoms with Crippen molar-refractivity contribution in [3.63, 3.8) is 0 Å². The van der Waals surface area contributed by atoms with Crippen molar-refractivity contribution in [1.29, 1.82) is 0 Å². The van der Waals surface area contributed by atoms with Gasteiger partial charge in [-0.1, -0.05) is 60.5 Å². The minimum absolute atomic E-state index is 0.0392. The van der Waals surface area contributed by atoms with Gasteiger partial charge in [0.1, 0.15) is 12.6 Å². The van der Waals surface area contributed by atoms with E-state index in [2.05, 4.69) is 5.32 Å². The number of aryl methyl sites for hydroxylation is 2. The Labute approximate surface area is 240 Å². The first-order valence-electron chi connectivity index (χ1n) is 12.7. The molecular weight excluding hydrogens is 557 g/mol. The van der Waals surface area contributed by atoms with Gasteiger partial charge in [0.2, 0.25) is 11.8 Å². The van der Waals surface area contributed by atoms with E-state index in [9.17, 15) is 18.0 Å². The standard InChI is InChI=1S/C29H33Cl2N3O4S/c1-5-27(29(36)32-6-2)33(18-22-13-15-25(30)26(31)17-22)28(35)19-34(23-14-12-20(3)21(4)16-23)39(37,38)24-10-8-7-9-11-24/h7-17,27H,5-6,18-19H2,1-4H3,(H,32,36). The Morgan fingerprint density at radius 1 is 0.897 bits per heavy atom. The van der Waals surface area contributed by atoms with Gasteiger partial charge in [-0.2, -0.15) is 0 Å². The lowest BCUT2D eigenvalue weighted by Gasteiger charge is -2.33. The fourth-order valence-corrected chi connectivity index (χ4v) is 5.92. The van der Waals surface area contributed by atoms with Gasteiger partial charge in [0.25, 0.3) is 10.0 Å². The number of benzene rings is 3. The molecule has 0 aromatic heterocycles. The van der Waals surface area contributed by atoms with Gasteiger partial charge in [-0.15, -0.1) is 0 Å². The van der Waals surface area contributed by atoms with Gasteiger partial charge in [-0.25, -0.2) is 8.42 Å². The lowest BCUT2D eigenvalue weighted by atomic mass is 10.1. The van der Waals surface area contributed by atoms with E-state index < -0.39 is 28.5 Å². The predicted molar refractivity (Wildman–Crippen MR) is 157 cm³/mol. The molecule has 0 spiro atoms. The number of nitrogens with one attached hydrogen (secondary N) is 1. The quantitative estimate of drug-likeness (QED) is 0.308. The van der Waals surface area contributed by atoms with Gasteiger partial charge in [0, 0.05) is 13.1 Å². The summed E-state index contributed by atoms with van der Waals surface area (Å²) in [6.45, 7) is 7.33. The highest BCUT2D eigenvalue weighted by atomic mass is 35.5. The van der Waals surface area contributed by atoms with Crippen LogP contribution in [0.25, 0.3) is 0 Å². The van der Waals surface area contributed by atoms with Crippen molar-refractivity contribution in [2.75, 3.05) is 17.4 Å². The molecule has 3 aromatic rings. The number of likely N-dealkylation sites (N-methyl/N-ethyl adjacent to an activating group) is 1. The van der Waals surface area contributed by atoms with E-state index >= 15 is 0 Å². The molecule has 0 radical (unpaired) electrons. The zero-order valence-corrected chi connectivity index (χ0v) is 24.8. The third-order valence-corrected chi connectivity index (χ3v) is 8.99. The molecule has 0 heterocycles. The molecule has 7 nitrogen and oxygen atoms in total. The molecule has 0 bridgehead atoms. The number of hydrogen-bond donors (Lipinski definition) is 1. The first-order chi connectivity index (χ1) is 18.5. The molecule has 208 valence electrons. The van der Waals surface area contributed by atoms with Crippen molar-refractivity contribution in [1.82, 2.24) is 10.2 Å². The molecule has 39 heavy (non-hydrogen) atoms. The van der Waals surface area contributed by atoms with Crippen LogP contribution in [0, 0.1) is 13.8 Å². The van der Waals surface area contributed by atoms with E-state index in [0.717, 1.165) is 15.4 Å². The van der Waals surface area contributed by atoms with Crippen molar-refractivity contribution in [2.45, 2.75) is 51.6 Å². The van der Waals surface area contributed by atoms with Gasteiger partial charge < -0.3 is 10.2 Å². The van der Waals surface area contributed by atoms with E-state index in [1.54, 1.807) is 62.4 Å². The third kappa shape index (κ3) is 7.32. The van der Waals surface area contributed by atoms with E-state index in [1.807, 2.05) is 19.9 Å². The molecule has 1 unspecified atom stereocenters. The molecular formula is C29H33Cl2N3O4S. The van der Waals surface area contributed by atoms with E-state index in [1.165, 1.54) is 17.0 Å². The molecule has 3 aromatic carbocycles. The van der Waals surface area contributed by atoms with Crippen LogP contribution in [-0.2, 0) is 26.2 Å². The second-order valence-corrected chi connectivity index (χ2v) is 11.9. The summed E-state index contributed by atoms with van der Waals surface area (Å²) in [5.41, 5.74) is 2.89. The number of halogens is 2.